The molecule has 4 atom stereocenters. The summed E-state index contributed by atoms with van der Waals surface area (Å²) in [7, 11) is 0. The van der Waals surface area contributed by atoms with Crippen molar-refractivity contribution in [2.24, 2.45) is 23.5 Å². The van der Waals surface area contributed by atoms with E-state index < -0.39 is 0 Å². The second-order valence-corrected chi connectivity index (χ2v) is 6.74. The largest absolute Gasteiger partial charge is 0.325 e. The topological polar surface area (TPSA) is 26.0 Å². The van der Waals surface area contributed by atoms with Crippen LogP contribution < -0.4 is 5.73 Å². The van der Waals surface area contributed by atoms with Crippen molar-refractivity contribution in [2.45, 2.75) is 83.6 Å². The third-order valence-corrected chi connectivity index (χ3v) is 5.67. The van der Waals surface area contributed by atoms with E-state index in [0.29, 0.717) is 0 Å². The van der Waals surface area contributed by atoms with Gasteiger partial charge in [-0.1, -0.05) is 52.4 Å². The molecule has 4 unspecified atom stereocenters. The Balaban J connectivity index is 1.98. The van der Waals surface area contributed by atoms with Crippen LogP contribution in [0.4, 0.5) is 0 Å². The SMILES string of the molecule is CCC1CCCC(C2(N)CCCC(CC)C2)C1. The van der Waals surface area contributed by atoms with Crippen LogP contribution >= 0.6 is 0 Å². The summed E-state index contributed by atoms with van der Waals surface area (Å²) in [4.78, 5) is 0. The Hall–Kier alpha value is -0.0400. The molecule has 1 heteroatoms. The molecule has 0 aromatic heterocycles. The van der Waals surface area contributed by atoms with Gasteiger partial charge in [0.25, 0.3) is 0 Å². The maximum absolute atomic E-state index is 6.82. The van der Waals surface area contributed by atoms with Crippen LogP contribution in [0.1, 0.15) is 78.1 Å². The molecule has 0 heterocycles. The summed E-state index contributed by atoms with van der Waals surface area (Å²) in [5.74, 6) is 2.71. The average Bonchev–Trinajstić information content (AvgIpc) is 2.39. The van der Waals surface area contributed by atoms with Gasteiger partial charge in [0.05, 0.1) is 0 Å². The summed E-state index contributed by atoms with van der Waals surface area (Å²) in [5, 5.41) is 0. The van der Waals surface area contributed by atoms with Gasteiger partial charge in [0.2, 0.25) is 0 Å². The van der Waals surface area contributed by atoms with Gasteiger partial charge in [-0.25, -0.2) is 0 Å². The smallest absolute Gasteiger partial charge is 0.0185 e. The van der Waals surface area contributed by atoms with Crippen LogP contribution in [0.5, 0.6) is 0 Å². The highest BCUT2D eigenvalue weighted by molar-refractivity contribution is 4.97. The lowest BCUT2D eigenvalue weighted by Crippen LogP contribution is -2.51. The average molecular weight is 237 g/mol. The van der Waals surface area contributed by atoms with Crippen LogP contribution in [0.2, 0.25) is 0 Å². The monoisotopic (exact) mass is 237 g/mol. The molecule has 2 aliphatic carbocycles. The van der Waals surface area contributed by atoms with Crippen LogP contribution in [0.25, 0.3) is 0 Å². The van der Waals surface area contributed by atoms with Crippen molar-refractivity contribution in [1.82, 2.24) is 0 Å². The highest BCUT2D eigenvalue weighted by Crippen LogP contribution is 2.44. The third kappa shape index (κ3) is 3.05. The highest BCUT2D eigenvalue weighted by atomic mass is 14.8. The lowest BCUT2D eigenvalue weighted by Gasteiger charge is -2.46. The Morgan fingerprint density at radius 1 is 1.00 bits per heavy atom. The molecule has 100 valence electrons. The molecule has 0 radical (unpaired) electrons. The predicted octanol–water partition coefficient (Wildman–Crippen LogP) is 4.50. The first-order valence-electron chi connectivity index (χ1n) is 7.96. The summed E-state index contributed by atoms with van der Waals surface area (Å²) < 4.78 is 0. The lowest BCUT2D eigenvalue weighted by molar-refractivity contribution is 0.0987. The minimum absolute atomic E-state index is 0.201. The normalized spacial score (nSPS) is 43.6. The van der Waals surface area contributed by atoms with Gasteiger partial charge in [0, 0.05) is 5.54 Å². The van der Waals surface area contributed by atoms with E-state index in [2.05, 4.69) is 13.8 Å². The Bertz CT molecular complexity index is 238. The zero-order valence-electron chi connectivity index (χ0n) is 11.9. The van der Waals surface area contributed by atoms with Crippen LogP contribution in [0.3, 0.4) is 0 Å². The van der Waals surface area contributed by atoms with Crippen LogP contribution in [0, 0.1) is 17.8 Å². The Labute approximate surface area is 108 Å². The van der Waals surface area contributed by atoms with Gasteiger partial charge >= 0.3 is 0 Å². The second kappa shape index (κ2) is 5.73. The minimum atomic E-state index is 0.201. The number of hydrogen-bond acceptors (Lipinski definition) is 1. The first-order valence-corrected chi connectivity index (χ1v) is 7.96. The Kier molecular flexibility index (Phi) is 4.52. The maximum Gasteiger partial charge on any atom is 0.0185 e. The van der Waals surface area contributed by atoms with E-state index in [0.717, 1.165) is 17.8 Å². The molecule has 1 nitrogen and oxygen atoms in total. The highest BCUT2D eigenvalue weighted by Gasteiger charge is 2.40. The fourth-order valence-corrected chi connectivity index (χ4v) is 4.36. The molecule has 2 rings (SSSR count). The molecule has 0 saturated heterocycles. The van der Waals surface area contributed by atoms with E-state index in [1.165, 1.54) is 64.2 Å². The molecule has 0 aliphatic heterocycles. The molecule has 0 aromatic rings. The van der Waals surface area contributed by atoms with Crippen LogP contribution in [-0.2, 0) is 0 Å². The molecule has 0 spiro atoms. The molecule has 0 aromatic carbocycles. The van der Waals surface area contributed by atoms with E-state index in [1.807, 2.05) is 0 Å². The van der Waals surface area contributed by atoms with Crippen molar-refractivity contribution in [3.63, 3.8) is 0 Å². The van der Waals surface area contributed by atoms with Gasteiger partial charge in [-0.2, -0.15) is 0 Å². The standard InChI is InChI=1S/C16H31N/c1-3-13-7-5-9-15(11-13)16(17)10-6-8-14(4-2)12-16/h13-15H,3-12,17H2,1-2H3. The molecule has 2 fully saturated rings. The molecule has 2 aliphatic rings. The van der Waals surface area contributed by atoms with Crippen molar-refractivity contribution in [2.75, 3.05) is 0 Å². The molecule has 2 N–H and O–H groups in total. The van der Waals surface area contributed by atoms with Crippen molar-refractivity contribution < 1.29 is 0 Å². The van der Waals surface area contributed by atoms with Crippen LogP contribution in [0.15, 0.2) is 0 Å². The summed E-state index contributed by atoms with van der Waals surface area (Å²) in [6, 6.07) is 0. The van der Waals surface area contributed by atoms with Gasteiger partial charge in [-0.05, 0) is 43.4 Å². The Morgan fingerprint density at radius 2 is 1.71 bits per heavy atom. The lowest BCUT2D eigenvalue weighted by atomic mass is 9.63. The van der Waals surface area contributed by atoms with E-state index in [4.69, 9.17) is 5.73 Å². The van der Waals surface area contributed by atoms with E-state index in [1.54, 1.807) is 0 Å². The van der Waals surface area contributed by atoms with Gasteiger partial charge in [-0.3, -0.25) is 0 Å². The second-order valence-electron chi connectivity index (χ2n) is 6.74. The van der Waals surface area contributed by atoms with Gasteiger partial charge < -0.3 is 5.73 Å². The summed E-state index contributed by atoms with van der Waals surface area (Å²) in [5.41, 5.74) is 7.02. The van der Waals surface area contributed by atoms with Gasteiger partial charge in [0.1, 0.15) is 0 Å². The third-order valence-electron chi connectivity index (χ3n) is 5.67. The quantitative estimate of drug-likeness (QED) is 0.768. The van der Waals surface area contributed by atoms with Crippen molar-refractivity contribution in [3.8, 4) is 0 Å². The summed E-state index contributed by atoms with van der Waals surface area (Å²) >= 11 is 0. The minimum Gasteiger partial charge on any atom is -0.325 e. The maximum atomic E-state index is 6.82. The fraction of sp³-hybridized carbons (Fsp3) is 1.00. The van der Waals surface area contributed by atoms with E-state index in [9.17, 15) is 0 Å². The molecule has 17 heavy (non-hydrogen) atoms. The molecule has 0 amide bonds. The first kappa shape index (κ1) is 13.4. The molecule has 0 bridgehead atoms. The predicted molar refractivity (Wildman–Crippen MR) is 74.9 cm³/mol. The van der Waals surface area contributed by atoms with E-state index in [-0.39, 0.29) is 5.54 Å². The van der Waals surface area contributed by atoms with Crippen molar-refractivity contribution in [1.29, 1.82) is 0 Å². The Morgan fingerprint density at radius 3 is 2.41 bits per heavy atom. The first-order chi connectivity index (χ1) is 8.18. The van der Waals surface area contributed by atoms with Gasteiger partial charge in [0.15, 0.2) is 0 Å². The molecular weight excluding hydrogens is 206 g/mol. The fourth-order valence-electron chi connectivity index (χ4n) is 4.36. The van der Waals surface area contributed by atoms with Crippen molar-refractivity contribution in [3.05, 3.63) is 0 Å². The van der Waals surface area contributed by atoms with E-state index >= 15 is 0 Å². The number of nitrogens with two attached hydrogens (primary N) is 1. The number of hydrogen-bond donors (Lipinski definition) is 1. The zero-order chi connectivity index (χ0) is 12.3. The summed E-state index contributed by atoms with van der Waals surface area (Å²) in [6.07, 6.45) is 13.8. The van der Waals surface area contributed by atoms with Crippen LogP contribution in [-0.4, -0.2) is 5.54 Å². The zero-order valence-corrected chi connectivity index (χ0v) is 11.9. The summed E-state index contributed by atoms with van der Waals surface area (Å²) in [6.45, 7) is 4.69. The van der Waals surface area contributed by atoms with Crippen molar-refractivity contribution >= 4 is 0 Å². The number of rotatable bonds is 3. The molecule has 2 saturated carbocycles. The molecular formula is C16H31N. The van der Waals surface area contributed by atoms with Gasteiger partial charge in [-0.15, -0.1) is 0 Å².